The lowest BCUT2D eigenvalue weighted by molar-refractivity contribution is 0.0953. The molecule has 0 bridgehead atoms. The first-order valence-corrected chi connectivity index (χ1v) is 8.76. The number of aromatic nitrogens is 3. The van der Waals surface area contributed by atoms with Crippen molar-refractivity contribution >= 4 is 16.8 Å². The van der Waals surface area contributed by atoms with Gasteiger partial charge in [-0.3, -0.25) is 19.1 Å². The van der Waals surface area contributed by atoms with Crippen LogP contribution in [0.3, 0.4) is 0 Å². The van der Waals surface area contributed by atoms with Crippen LogP contribution < -0.4 is 11.2 Å². The number of aryl methyl sites for hydroxylation is 2. The van der Waals surface area contributed by atoms with Crippen molar-refractivity contribution in [3.63, 3.8) is 0 Å². The molecule has 1 aromatic carbocycles. The molecule has 0 spiro atoms. The third-order valence-corrected chi connectivity index (χ3v) is 4.97. The summed E-state index contributed by atoms with van der Waals surface area (Å²) >= 11 is 0. The Balaban J connectivity index is 1.87. The van der Waals surface area contributed by atoms with Crippen molar-refractivity contribution < 1.29 is 4.79 Å². The zero-order chi connectivity index (χ0) is 18.3. The topological polar surface area (TPSA) is 84.8 Å². The maximum atomic E-state index is 12.5. The molecule has 4 rings (SSSR count). The molecule has 0 aliphatic heterocycles. The number of carbonyl (C=O) groups is 1. The molecule has 6 heteroatoms. The van der Waals surface area contributed by atoms with Gasteiger partial charge in [-0.25, -0.2) is 9.78 Å². The highest BCUT2D eigenvalue weighted by Crippen LogP contribution is 2.28. The Kier molecular flexibility index (Phi) is 4.03. The highest BCUT2D eigenvalue weighted by atomic mass is 16.2. The predicted molar refractivity (Wildman–Crippen MR) is 98.6 cm³/mol. The van der Waals surface area contributed by atoms with Gasteiger partial charge in [0.2, 0.25) is 0 Å². The Morgan fingerprint density at radius 2 is 1.92 bits per heavy atom. The highest BCUT2D eigenvalue weighted by Gasteiger charge is 2.26. The second kappa shape index (κ2) is 6.37. The largest absolute Gasteiger partial charge is 0.330 e. The predicted octanol–water partition coefficient (Wildman–Crippen LogP) is 2.09. The molecule has 0 saturated carbocycles. The zero-order valence-electron chi connectivity index (χ0n) is 14.5. The number of carbonyl (C=O) groups excluding carboxylic acids is 1. The fourth-order valence-electron chi connectivity index (χ4n) is 3.70. The second-order valence-corrected chi connectivity index (χ2v) is 6.93. The van der Waals surface area contributed by atoms with Crippen molar-refractivity contribution in [3.05, 3.63) is 74.1 Å². The van der Waals surface area contributed by atoms with Crippen LogP contribution >= 0.6 is 0 Å². The summed E-state index contributed by atoms with van der Waals surface area (Å²) < 4.78 is 1.49. The van der Waals surface area contributed by atoms with E-state index >= 15 is 0 Å². The van der Waals surface area contributed by atoms with E-state index in [1.54, 1.807) is 0 Å². The van der Waals surface area contributed by atoms with Crippen LogP contribution in [0.25, 0.3) is 11.0 Å². The Hall–Kier alpha value is -3.02. The Morgan fingerprint density at radius 3 is 2.69 bits per heavy atom. The molecule has 1 aliphatic carbocycles. The molecular weight excluding hydrogens is 330 g/mol. The van der Waals surface area contributed by atoms with E-state index in [1.807, 2.05) is 37.3 Å². The molecule has 6 nitrogen and oxygen atoms in total. The lowest BCUT2D eigenvalue weighted by Gasteiger charge is -2.21. The molecule has 0 fully saturated rings. The van der Waals surface area contributed by atoms with Crippen LogP contribution in [0.2, 0.25) is 0 Å². The summed E-state index contributed by atoms with van der Waals surface area (Å²) in [5.41, 5.74) is 1.74. The summed E-state index contributed by atoms with van der Waals surface area (Å²) in [7, 11) is 0. The number of nitrogens with zero attached hydrogens (tertiary/aromatic N) is 2. The Bertz CT molecular complexity index is 1110. The number of nitrogens with one attached hydrogen (secondary N) is 1. The molecule has 0 unspecified atom stereocenters. The molecule has 0 radical (unpaired) electrons. The van der Waals surface area contributed by atoms with Gasteiger partial charge in [0.25, 0.3) is 5.56 Å². The van der Waals surface area contributed by atoms with Crippen molar-refractivity contribution in [1.82, 2.24) is 14.5 Å². The van der Waals surface area contributed by atoms with Gasteiger partial charge in [0.15, 0.2) is 5.78 Å². The number of ketones is 1. The van der Waals surface area contributed by atoms with Crippen LogP contribution in [-0.2, 0) is 19.4 Å². The van der Waals surface area contributed by atoms with E-state index in [0.717, 1.165) is 5.56 Å². The molecule has 0 saturated heterocycles. The number of fused-ring (bicyclic) bond motifs is 3. The molecule has 1 aliphatic rings. The number of aromatic amines is 1. The molecule has 132 valence electrons. The molecule has 26 heavy (non-hydrogen) atoms. The molecular formula is C20H19N3O3. The fraction of sp³-hybridized carbons (Fsp3) is 0.300. The summed E-state index contributed by atoms with van der Waals surface area (Å²) in [6.45, 7) is 2.40. The molecule has 2 heterocycles. The van der Waals surface area contributed by atoms with Gasteiger partial charge in [0.1, 0.15) is 5.65 Å². The lowest BCUT2D eigenvalue weighted by atomic mass is 9.84. The van der Waals surface area contributed by atoms with Crippen molar-refractivity contribution in [1.29, 1.82) is 0 Å². The summed E-state index contributed by atoms with van der Waals surface area (Å²) in [5.74, 6) is 0.180. The maximum Gasteiger partial charge on any atom is 0.330 e. The normalized spacial score (nSPS) is 16.7. The van der Waals surface area contributed by atoms with Gasteiger partial charge >= 0.3 is 5.69 Å². The summed E-state index contributed by atoms with van der Waals surface area (Å²) in [6.07, 6.45) is 3.27. The third kappa shape index (κ3) is 2.77. The van der Waals surface area contributed by atoms with E-state index in [9.17, 15) is 14.4 Å². The first kappa shape index (κ1) is 16.4. The average molecular weight is 349 g/mol. The van der Waals surface area contributed by atoms with Crippen LogP contribution in [0.5, 0.6) is 0 Å². The molecule has 2 aromatic heterocycles. The van der Waals surface area contributed by atoms with E-state index in [1.165, 1.54) is 10.8 Å². The summed E-state index contributed by atoms with van der Waals surface area (Å²) in [6, 6.07) is 9.83. The smallest absolute Gasteiger partial charge is 0.294 e. The van der Waals surface area contributed by atoms with Gasteiger partial charge in [0.05, 0.1) is 5.39 Å². The van der Waals surface area contributed by atoms with E-state index in [-0.39, 0.29) is 11.7 Å². The molecule has 1 atom stereocenters. The van der Waals surface area contributed by atoms with Crippen molar-refractivity contribution in [2.45, 2.75) is 32.7 Å². The number of Topliss-reactive ketones (excluding diaryl/α,β-unsaturated/α-hetero) is 1. The maximum absolute atomic E-state index is 12.5. The van der Waals surface area contributed by atoms with Gasteiger partial charge in [-0.1, -0.05) is 37.3 Å². The van der Waals surface area contributed by atoms with Crippen LogP contribution in [0.1, 0.15) is 34.8 Å². The van der Waals surface area contributed by atoms with E-state index in [0.29, 0.717) is 48.0 Å². The molecule has 1 N–H and O–H groups in total. The minimum atomic E-state index is -0.471. The van der Waals surface area contributed by atoms with Crippen LogP contribution in [0, 0.1) is 5.92 Å². The minimum Gasteiger partial charge on any atom is -0.294 e. The lowest BCUT2D eigenvalue weighted by Crippen LogP contribution is -2.33. The second-order valence-electron chi connectivity index (χ2n) is 6.93. The summed E-state index contributed by atoms with van der Waals surface area (Å²) in [5, 5.41) is 0.370. The standard InChI is InChI=1S/C20H19N3O3/c1-12-9-14-15(16(24)10-12)11-21-18-17(14)19(25)22-20(26)23(18)8-7-13-5-3-2-4-6-13/h2-6,11-12H,7-10H2,1H3,(H,22,25,26)/t12-/m0/s1. The van der Waals surface area contributed by atoms with Gasteiger partial charge < -0.3 is 0 Å². The number of H-pyrrole nitrogens is 1. The molecule has 0 amide bonds. The number of pyridine rings is 1. The Morgan fingerprint density at radius 1 is 1.15 bits per heavy atom. The Labute approximate surface area is 149 Å². The van der Waals surface area contributed by atoms with Crippen molar-refractivity contribution in [2.24, 2.45) is 5.92 Å². The van der Waals surface area contributed by atoms with Crippen LogP contribution in [0.15, 0.2) is 46.1 Å². The number of hydrogen-bond donors (Lipinski definition) is 1. The van der Waals surface area contributed by atoms with Crippen LogP contribution in [0.4, 0.5) is 0 Å². The van der Waals surface area contributed by atoms with E-state index < -0.39 is 11.2 Å². The number of hydrogen-bond acceptors (Lipinski definition) is 4. The highest BCUT2D eigenvalue weighted by molar-refractivity contribution is 6.02. The third-order valence-electron chi connectivity index (χ3n) is 4.97. The number of benzene rings is 1. The first-order valence-electron chi connectivity index (χ1n) is 8.76. The quantitative estimate of drug-likeness (QED) is 0.785. The first-order chi connectivity index (χ1) is 12.5. The zero-order valence-corrected chi connectivity index (χ0v) is 14.5. The van der Waals surface area contributed by atoms with E-state index in [4.69, 9.17) is 0 Å². The van der Waals surface area contributed by atoms with Gasteiger partial charge in [-0.05, 0) is 29.9 Å². The van der Waals surface area contributed by atoms with Crippen molar-refractivity contribution in [2.75, 3.05) is 0 Å². The SMILES string of the molecule is C[C@@H]1CC(=O)c2cnc3c(c2C1)c(=O)[nH]c(=O)n3CCc1ccccc1. The summed E-state index contributed by atoms with van der Waals surface area (Å²) in [4.78, 5) is 43.9. The van der Waals surface area contributed by atoms with Gasteiger partial charge in [0, 0.05) is 24.7 Å². The minimum absolute atomic E-state index is 0.00888. The van der Waals surface area contributed by atoms with Crippen molar-refractivity contribution in [3.8, 4) is 0 Å². The number of rotatable bonds is 3. The van der Waals surface area contributed by atoms with Gasteiger partial charge in [-0.2, -0.15) is 0 Å². The van der Waals surface area contributed by atoms with Crippen LogP contribution in [-0.4, -0.2) is 20.3 Å². The average Bonchev–Trinajstić information content (AvgIpc) is 2.61. The molecule has 3 aromatic rings. The van der Waals surface area contributed by atoms with E-state index in [2.05, 4.69) is 9.97 Å². The van der Waals surface area contributed by atoms with Gasteiger partial charge in [-0.15, -0.1) is 0 Å². The fourth-order valence-corrected chi connectivity index (χ4v) is 3.70. The monoisotopic (exact) mass is 349 g/mol.